The molecule has 3 aromatic rings. The molecule has 3 heterocycles. The number of anilines is 1. The Labute approximate surface area is 186 Å². The fourth-order valence-corrected chi connectivity index (χ4v) is 4.14. The lowest BCUT2D eigenvalue weighted by molar-refractivity contribution is -0.123. The number of nitrogens with one attached hydrogen (secondary N) is 1. The second-order valence-corrected chi connectivity index (χ2v) is 8.74. The number of carbonyl (C=O) groups excluding carboxylic acids is 1. The zero-order valence-corrected chi connectivity index (χ0v) is 18.8. The van der Waals surface area contributed by atoms with Crippen molar-refractivity contribution >= 4 is 34.5 Å². The molecule has 1 aliphatic heterocycles. The molecule has 31 heavy (non-hydrogen) atoms. The van der Waals surface area contributed by atoms with Crippen LogP contribution in [0, 0.1) is 6.92 Å². The average molecular weight is 441 g/mol. The third-order valence-electron chi connectivity index (χ3n) is 5.17. The van der Waals surface area contributed by atoms with Gasteiger partial charge in [0, 0.05) is 19.6 Å². The van der Waals surface area contributed by atoms with Crippen LogP contribution in [0.4, 0.5) is 5.82 Å². The summed E-state index contributed by atoms with van der Waals surface area (Å²) in [7, 11) is 0. The van der Waals surface area contributed by atoms with Gasteiger partial charge in [0.25, 0.3) is 5.91 Å². The van der Waals surface area contributed by atoms with Gasteiger partial charge < -0.3 is 15.0 Å². The number of rotatable bonds is 9. The van der Waals surface area contributed by atoms with E-state index in [1.54, 1.807) is 11.8 Å². The van der Waals surface area contributed by atoms with Gasteiger partial charge in [-0.3, -0.25) is 4.79 Å². The summed E-state index contributed by atoms with van der Waals surface area (Å²) in [5, 5.41) is 9.16. The van der Waals surface area contributed by atoms with Gasteiger partial charge in [0.15, 0.2) is 17.4 Å². The van der Waals surface area contributed by atoms with Gasteiger partial charge >= 0.3 is 0 Å². The Morgan fingerprint density at radius 1 is 1.19 bits per heavy atom. The van der Waals surface area contributed by atoms with E-state index in [1.807, 2.05) is 42.1 Å². The van der Waals surface area contributed by atoms with Crippen molar-refractivity contribution in [2.45, 2.75) is 38.4 Å². The average Bonchev–Trinajstić information content (AvgIpc) is 3.44. The van der Waals surface area contributed by atoms with Crippen molar-refractivity contribution in [3.05, 3.63) is 36.0 Å². The van der Waals surface area contributed by atoms with E-state index >= 15 is 0 Å². The highest BCUT2D eigenvalue weighted by atomic mass is 32.2. The number of carbonyl (C=O) groups is 1. The minimum Gasteiger partial charge on any atom is -0.484 e. The molecule has 0 radical (unpaired) electrons. The molecule has 9 heteroatoms. The van der Waals surface area contributed by atoms with Gasteiger partial charge in [-0.05, 0) is 37.7 Å². The molecule has 0 bridgehead atoms. The number of thioether (sulfide) groups is 1. The molecule has 0 atom stereocenters. The largest absolute Gasteiger partial charge is 0.484 e. The first-order chi connectivity index (χ1) is 15.1. The first-order valence-electron chi connectivity index (χ1n) is 10.7. The zero-order chi connectivity index (χ0) is 21.6. The normalized spacial score (nSPS) is 13.7. The molecule has 1 saturated heterocycles. The highest BCUT2D eigenvalue weighted by Gasteiger charge is 2.20. The Balaban J connectivity index is 1.38. The van der Waals surface area contributed by atoms with Crippen LogP contribution in [0.3, 0.4) is 0 Å². The van der Waals surface area contributed by atoms with Crippen LogP contribution in [0.1, 0.15) is 25.3 Å². The summed E-state index contributed by atoms with van der Waals surface area (Å²) in [5.74, 6) is 2.41. The highest BCUT2D eigenvalue weighted by Crippen LogP contribution is 2.29. The molecule has 0 unspecified atom stereocenters. The van der Waals surface area contributed by atoms with Crippen LogP contribution in [0.15, 0.2) is 35.6 Å². The maximum atomic E-state index is 12.1. The van der Waals surface area contributed by atoms with Crippen LogP contribution in [-0.2, 0) is 11.3 Å². The van der Waals surface area contributed by atoms with Crippen molar-refractivity contribution in [3.8, 4) is 5.75 Å². The Bertz CT molecular complexity index is 1030. The summed E-state index contributed by atoms with van der Waals surface area (Å²) in [6.07, 6.45) is 4.21. The van der Waals surface area contributed by atoms with E-state index in [0.717, 1.165) is 46.4 Å². The lowest BCUT2D eigenvalue weighted by Gasteiger charge is -2.17. The minimum absolute atomic E-state index is 0.0124. The van der Waals surface area contributed by atoms with Crippen molar-refractivity contribution in [3.63, 3.8) is 0 Å². The topological polar surface area (TPSA) is 85.2 Å². The molecule has 2 aromatic heterocycles. The van der Waals surface area contributed by atoms with Crippen LogP contribution in [0.25, 0.3) is 11.0 Å². The molecule has 0 saturated carbocycles. The smallest absolute Gasteiger partial charge is 0.258 e. The van der Waals surface area contributed by atoms with Crippen LogP contribution >= 0.6 is 11.8 Å². The first-order valence-corrected chi connectivity index (χ1v) is 11.7. The summed E-state index contributed by atoms with van der Waals surface area (Å²) in [5.41, 5.74) is 1.97. The Morgan fingerprint density at radius 3 is 2.71 bits per heavy atom. The van der Waals surface area contributed by atoms with Crippen molar-refractivity contribution in [1.29, 1.82) is 0 Å². The van der Waals surface area contributed by atoms with Crippen molar-refractivity contribution in [2.75, 3.05) is 36.9 Å². The van der Waals surface area contributed by atoms with Crippen molar-refractivity contribution < 1.29 is 9.53 Å². The highest BCUT2D eigenvalue weighted by molar-refractivity contribution is 7.99. The quantitative estimate of drug-likeness (QED) is 0.404. The maximum absolute atomic E-state index is 12.1. The van der Waals surface area contributed by atoms with Crippen LogP contribution < -0.4 is 15.0 Å². The number of nitrogens with zero attached hydrogens (tertiary/aromatic N) is 5. The molecule has 1 amide bonds. The molecule has 1 aromatic carbocycles. The summed E-state index contributed by atoms with van der Waals surface area (Å²) < 4.78 is 7.38. The molecule has 1 aliphatic rings. The number of fused-ring (bicyclic) bond motifs is 1. The van der Waals surface area contributed by atoms with Crippen LogP contribution in [0.5, 0.6) is 5.75 Å². The van der Waals surface area contributed by atoms with Crippen molar-refractivity contribution in [2.24, 2.45) is 0 Å². The van der Waals surface area contributed by atoms with Gasteiger partial charge in [-0.15, -0.1) is 0 Å². The SMILES string of the molecule is CCSc1nc(N2CCCC2)c2cnn(CCNC(=O)COc3ccc(C)cc3)c2n1. The monoisotopic (exact) mass is 440 g/mol. The summed E-state index contributed by atoms with van der Waals surface area (Å²) >= 11 is 1.63. The fourth-order valence-electron chi connectivity index (χ4n) is 3.58. The summed E-state index contributed by atoms with van der Waals surface area (Å²) in [4.78, 5) is 24.0. The number of hydrogen-bond acceptors (Lipinski definition) is 7. The third kappa shape index (κ3) is 5.28. The van der Waals surface area contributed by atoms with E-state index in [1.165, 1.54) is 12.8 Å². The van der Waals surface area contributed by atoms with Crippen LogP contribution in [0.2, 0.25) is 0 Å². The zero-order valence-electron chi connectivity index (χ0n) is 18.0. The molecule has 4 rings (SSSR count). The van der Waals surface area contributed by atoms with E-state index in [4.69, 9.17) is 14.7 Å². The minimum atomic E-state index is -0.161. The fraction of sp³-hybridized carbons (Fsp3) is 0.455. The van der Waals surface area contributed by atoms with E-state index in [9.17, 15) is 4.79 Å². The van der Waals surface area contributed by atoms with Gasteiger partial charge in [0.2, 0.25) is 0 Å². The number of aryl methyl sites for hydroxylation is 1. The molecule has 1 N–H and O–H groups in total. The van der Waals surface area contributed by atoms with Gasteiger partial charge in [-0.2, -0.15) is 5.10 Å². The van der Waals surface area contributed by atoms with Crippen molar-refractivity contribution in [1.82, 2.24) is 25.1 Å². The molecular formula is C22H28N6O2S. The molecule has 1 fully saturated rings. The van der Waals surface area contributed by atoms with Gasteiger partial charge in [-0.25, -0.2) is 14.6 Å². The Hall–Kier alpha value is -2.81. The number of aromatic nitrogens is 4. The lowest BCUT2D eigenvalue weighted by Crippen LogP contribution is -2.31. The molecule has 164 valence electrons. The maximum Gasteiger partial charge on any atom is 0.258 e. The van der Waals surface area contributed by atoms with E-state index in [0.29, 0.717) is 18.8 Å². The number of hydrogen-bond donors (Lipinski definition) is 1. The molecule has 8 nitrogen and oxygen atoms in total. The predicted octanol–water partition coefficient (Wildman–Crippen LogP) is 3.04. The standard InChI is InChI=1S/C22H28N6O2S/c1-3-31-22-25-20(27-11-4-5-12-27)18-14-24-28(21(18)26-22)13-10-23-19(29)15-30-17-8-6-16(2)7-9-17/h6-9,14H,3-5,10-13,15H2,1-2H3,(H,23,29). The number of amides is 1. The molecule has 0 aliphatic carbocycles. The third-order valence-corrected chi connectivity index (χ3v) is 5.90. The Morgan fingerprint density at radius 2 is 1.97 bits per heavy atom. The van der Waals surface area contributed by atoms with Gasteiger partial charge in [0.1, 0.15) is 11.6 Å². The van der Waals surface area contributed by atoms with E-state index in [2.05, 4.69) is 22.2 Å². The van der Waals surface area contributed by atoms with Crippen LogP contribution in [-0.4, -0.2) is 57.6 Å². The number of benzene rings is 1. The molecular weight excluding hydrogens is 412 g/mol. The lowest BCUT2D eigenvalue weighted by atomic mass is 10.2. The first kappa shape index (κ1) is 21.4. The van der Waals surface area contributed by atoms with Gasteiger partial charge in [-0.1, -0.05) is 36.4 Å². The second kappa shape index (κ2) is 10.00. The summed E-state index contributed by atoms with van der Waals surface area (Å²) in [6, 6.07) is 7.64. The molecule has 0 spiro atoms. The second-order valence-electron chi connectivity index (χ2n) is 7.51. The number of ether oxygens (including phenoxy) is 1. The van der Waals surface area contributed by atoms with E-state index < -0.39 is 0 Å². The Kier molecular flexibility index (Phi) is 6.91. The summed E-state index contributed by atoms with van der Waals surface area (Å²) in [6.45, 7) is 7.12. The van der Waals surface area contributed by atoms with Gasteiger partial charge in [0.05, 0.1) is 18.1 Å². The predicted molar refractivity (Wildman–Crippen MR) is 123 cm³/mol. The van der Waals surface area contributed by atoms with E-state index in [-0.39, 0.29) is 12.5 Å².